The van der Waals surface area contributed by atoms with Crippen LogP contribution in [-0.2, 0) is 11.3 Å². The number of carbonyl (C=O) groups excluding carboxylic acids is 1. The number of hydrogen-bond donors (Lipinski definition) is 1. The fraction of sp³-hybridized carbons (Fsp3) is 0.474. The predicted molar refractivity (Wildman–Crippen MR) is 94.8 cm³/mol. The fourth-order valence-electron chi connectivity index (χ4n) is 3.16. The van der Waals surface area contributed by atoms with Crippen molar-refractivity contribution in [1.82, 2.24) is 15.2 Å². The maximum atomic E-state index is 13.8. The van der Waals surface area contributed by atoms with Crippen molar-refractivity contribution in [3.05, 3.63) is 41.8 Å². The van der Waals surface area contributed by atoms with Crippen LogP contribution in [0.1, 0.15) is 32.3 Å². The highest BCUT2D eigenvalue weighted by Crippen LogP contribution is 2.19. The summed E-state index contributed by atoms with van der Waals surface area (Å²) < 4.78 is 19.0. The van der Waals surface area contributed by atoms with E-state index in [1.54, 1.807) is 11.1 Å². The van der Waals surface area contributed by atoms with Gasteiger partial charge in [-0.2, -0.15) is 0 Å². The molecular formula is C19H24FN3O2. The van der Waals surface area contributed by atoms with Gasteiger partial charge in [0, 0.05) is 37.3 Å². The van der Waals surface area contributed by atoms with E-state index >= 15 is 0 Å². The molecule has 2 heterocycles. The minimum atomic E-state index is -0.247. The average Bonchev–Trinajstić information content (AvgIpc) is 2.59. The Morgan fingerprint density at radius 2 is 2.16 bits per heavy atom. The second-order valence-corrected chi connectivity index (χ2v) is 6.71. The molecule has 0 unspecified atom stereocenters. The second kappa shape index (κ2) is 7.78. The molecule has 1 aliphatic rings. The largest absolute Gasteiger partial charge is 0.447 e. The Kier molecular flexibility index (Phi) is 5.48. The zero-order chi connectivity index (χ0) is 17.8. The van der Waals surface area contributed by atoms with Crippen molar-refractivity contribution in [2.75, 3.05) is 13.1 Å². The summed E-state index contributed by atoms with van der Waals surface area (Å²) in [6.45, 7) is 5.61. The number of amides is 1. The minimum absolute atomic E-state index is 0.0999. The third kappa shape index (κ3) is 4.45. The molecular weight excluding hydrogens is 321 g/mol. The first-order chi connectivity index (χ1) is 12.0. The number of fused-ring (bicyclic) bond motifs is 1. The SMILES string of the molecule is CC(C)OC(=O)N1CCC(NCc2cc(F)cc3cccnc23)CC1. The Labute approximate surface area is 147 Å². The number of ether oxygens (including phenoxy) is 1. The lowest BCUT2D eigenvalue weighted by molar-refractivity contribution is 0.0678. The molecule has 2 aromatic rings. The number of nitrogens with zero attached hydrogens (tertiary/aromatic N) is 2. The van der Waals surface area contributed by atoms with Crippen molar-refractivity contribution < 1.29 is 13.9 Å². The summed E-state index contributed by atoms with van der Waals surface area (Å²) in [7, 11) is 0. The molecule has 0 atom stereocenters. The van der Waals surface area contributed by atoms with Crippen LogP contribution in [0.15, 0.2) is 30.5 Å². The molecule has 1 N–H and O–H groups in total. The first-order valence-electron chi connectivity index (χ1n) is 8.75. The van der Waals surface area contributed by atoms with Gasteiger partial charge >= 0.3 is 6.09 Å². The Morgan fingerprint density at radius 3 is 2.88 bits per heavy atom. The van der Waals surface area contributed by atoms with E-state index in [1.807, 2.05) is 26.0 Å². The van der Waals surface area contributed by atoms with Crippen LogP contribution in [0.3, 0.4) is 0 Å². The number of nitrogens with one attached hydrogen (secondary N) is 1. The van der Waals surface area contributed by atoms with Crippen molar-refractivity contribution in [3.63, 3.8) is 0 Å². The van der Waals surface area contributed by atoms with Crippen LogP contribution in [0.4, 0.5) is 9.18 Å². The molecule has 1 fully saturated rings. The number of hydrogen-bond acceptors (Lipinski definition) is 4. The summed E-state index contributed by atoms with van der Waals surface area (Å²) in [6.07, 6.45) is 3.09. The van der Waals surface area contributed by atoms with E-state index in [2.05, 4.69) is 10.3 Å². The van der Waals surface area contributed by atoms with Gasteiger partial charge in [-0.05, 0) is 50.5 Å². The number of aromatic nitrogens is 1. The molecule has 0 aliphatic carbocycles. The molecule has 1 amide bonds. The van der Waals surface area contributed by atoms with Crippen LogP contribution in [0, 0.1) is 5.82 Å². The van der Waals surface area contributed by atoms with E-state index in [-0.39, 0.29) is 18.0 Å². The van der Waals surface area contributed by atoms with E-state index in [0.717, 1.165) is 29.3 Å². The summed E-state index contributed by atoms with van der Waals surface area (Å²) in [5.74, 6) is -0.247. The number of halogens is 1. The Balaban J connectivity index is 1.56. The molecule has 1 aromatic heterocycles. The van der Waals surface area contributed by atoms with E-state index in [0.29, 0.717) is 25.7 Å². The predicted octanol–water partition coefficient (Wildman–Crippen LogP) is 3.47. The molecule has 5 nitrogen and oxygen atoms in total. The Morgan fingerprint density at radius 1 is 1.40 bits per heavy atom. The lowest BCUT2D eigenvalue weighted by atomic mass is 10.0. The smallest absolute Gasteiger partial charge is 0.410 e. The molecule has 0 bridgehead atoms. The van der Waals surface area contributed by atoms with Gasteiger partial charge in [0.2, 0.25) is 0 Å². The number of piperidine rings is 1. The standard InChI is InChI=1S/C19H24FN3O2/c1-13(2)25-19(24)23-8-5-17(6-9-23)22-12-15-11-16(20)10-14-4-3-7-21-18(14)15/h3-4,7,10-11,13,17,22H,5-6,8-9,12H2,1-2H3. The zero-order valence-corrected chi connectivity index (χ0v) is 14.7. The van der Waals surface area contributed by atoms with E-state index in [4.69, 9.17) is 4.74 Å². The van der Waals surface area contributed by atoms with Gasteiger partial charge in [-0.15, -0.1) is 0 Å². The fourth-order valence-corrected chi connectivity index (χ4v) is 3.16. The van der Waals surface area contributed by atoms with Crippen LogP contribution in [0.2, 0.25) is 0 Å². The third-order valence-corrected chi connectivity index (χ3v) is 4.42. The van der Waals surface area contributed by atoms with Crippen LogP contribution in [-0.4, -0.2) is 41.2 Å². The molecule has 134 valence electrons. The van der Waals surface area contributed by atoms with Crippen LogP contribution in [0.5, 0.6) is 0 Å². The minimum Gasteiger partial charge on any atom is -0.447 e. The first-order valence-corrected chi connectivity index (χ1v) is 8.75. The maximum Gasteiger partial charge on any atom is 0.410 e. The lowest BCUT2D eigenvalue weighted by Gasteiger charge is -2.32. The van der Waals surface area contributed by atoms with Gasteiger partial charge in [0.25, 0.3) is 0 Å². The summed E-state index contributed by atoms with van der Waals surface area (Å²) in [4.78, 5) is 18.0. The van der Waals surface area contributed by atoms with Crippen molar-refractivity contribution in [1.29, 1.82) is 0 Å². The van der Waals surface area contributed by atoms with Gasteiger partial charge < -0.3 is 15.0 Å². The normalized spacial score (nSPS) is 15.8. The highest BCUT2D eigenvalue weighted by molar-refractivity contribution is 5.81. The van der Waals surface area contributed by atoms with Crippen molar-refractivity contribution in [2.24, 2.45) is 0 Å². The van der Waals surface area contributed by atoms with Crippen LogP contribution in [0.25, 0.3) is 10.9 Å². The van der Waals surface area contributed by atoms with Crippen molar-refractivity contribution >= 4 is 17.0 Å². The van der Waals surface area contributed by atoms with Gasteiger partial charge in [-0.3, -0.25) is 4.98 Å². The molecule has 6 heteroatoms. The molecule has 0 saturated carbocycles. The Bertz CT molecular complexity index is 743. The molecule has 1 aromatic carbocycles. The number of likely N-dealkylation sites (tertiary alicyclic amines) is 1. The third-order valence-electron chi connectivity index (χ3n) is 4.42. The highest BCUT2D eigenvalue weighted by atomic mass is 19.1. The van der Waals surface area contributed by atoms with E-state index < -0.39 is 0 Å². The van der Waals surface area contributed by atoms with Crippen molar-refractivity contribution in [2.45, 2.75) is 45.4 Å². The van der Waals surface area contributed by atoms with Gasteiger partial charge in [0.15, 0.2) is 0 Å². The number of rotatable bonds is 4. The molecule has 0 spiro atoms. The van der Waals surface area contributed by atoms with Gasteiger partial charge in [0.05, 0.1) is 11.6 Å². The average molecular weight is 345 g/mol. The summed E-state index contributed by atoms with van der Waals surface area (Å²) >= 11 is 0. The molecule has 1 saturated heterocycles. The topological polar surface area (TPSA) is 54.5 Å². The molecule has 1 aliphatic heterocycles. The van der Waals surface area contributed by atoms with Crippen LogP contribution >= 0.6 is 0 Å². The van der Waals surface area contributed by atoms with Gasteiger partial charge in [-0.25, -0.2) is 9.18 Å². The summed E-state index contributed by atoms with van der Waals surface area (Å²) in [5, 5.41) is 4.28. The number of benzene rings is 1. The summed E-state index contributed by atoms with van der Waals surface area (Å²) in [5.41, 5.74) is 1.69. The monoisotopic (exact) mass is 345 g/mol. The van der Waals surface area contributed by atoms with Gasteiger partial charge in [0.1, 0.15) is 5.82 Å². The van der Waals surface area contributed by atoms with Crippen molar-refractivity contribution in [3.8, 4) is 0 Å². The number of pyridine rings is 1. The lowest BCUT2D eigenvalue weighted by Crippen LogP contribution is -2.45. The highest BCUT2D eigenvalue weighted by Gasteiger charge is 2.24. The zero-order valence-electron chi connectivity index (χ0n) is 14.7. The van der Waals surface area contributed by atoms with E-state index in [1.165, 1.54) is 12.1 Å². The quantitative estimate of drug-likeness (QED) is 0.922. The molecule has 0 radical (unpaired) electrons. The number of carbonyl (C=O) groups is 1. The van der Waals surface area contributed by atoms with Gasteiger partial charge in [-0.1, -0.05) is 6.07 Å². The summed E-state index contributed by atoms with van der Waals surface area (Å²) in [6, 6.07) is 7.02. The molecule has 3 rings (SSSR count). The van der Waals surface area contributed by atoms with E-state index in [9.17, 15) is 9.18 Å². The first kappa shape index (κ1) is 17.6. The maximum absolute atomic E-state index is 13.8. The Hall–Kier alpha value is -2.21. The molecule has 25 heavy (non-hydrogen) atoms. The van der Waals surface area contributed by atoms with Crippen LogP contribution < -0.4 is 5.32 Å². The second-order valence-electron chi connectivity index (χ2n) is 6.71.